The molecule has 0 radical (unpaired) electrons. The van der Waals surface area contributed by atoms with E-state index in [2.05, 4.69) is 0 Å². The number of rotatable bonds is 4. The third-order valence-electron chi connectivity index (χ3n) is 5.54. The molecule has 0 saturated heterocycles. The Hall–Kier alpha value is -3.80. The standard InChI is InChI=1S/C24H18O6/c1-2-7-16(17-19(25)12-8-3-5-10-14(12)21(27)23(17)29)18-20(26)13-9-4-6-11-15(13)22(28)24(18)30/h3-6,8-11,16,25-26H,2,7H2,1H3. The van der Waals surface area contributed by atoms with Gasteiger partial charge in [0.25, 0.3) is 0 Å². The molecule has 6 heteroatoms. The van der Waals surface area contributed by atoms with Crippen LogP contribution in [0.15, 0.2) is 59.7 Å². The SMILES string of the molecule is CCCC(C1=C(O)c2ccccc2C(=O)C1=O)C1=C(O)c2ccccc2C(=O)C1=O. The number of allylic oxidation sites excluding steroid dienone is 2. The van der Waals surface area contributed by atoms with Crippen molar-refractivity contribution in [1.82, 2.24) is 0 Å². The van der Waals surface area contributed by atoms with Crippen LogP contribution in [0.5, 0.6) is 0 Å². The van der Waals surface area contributed by atoms with Crippen LogP contribution in [0.1, 0.15) is 51.6 Å². The highest BCUT2D eigenvalue weighted by atomic mass is 16.3. The van der Waals surface area contributed by atoms with E-state index < -0.39 is 40.6 Å². The lowest BCUT2D eigenvalue weighted by Gasteiger charge is -2.28. The number of hydrogen-bond acceptors (Lipinski definition) is 6. The molecule has 2 N–H and O–H groups in total. The summed E-state index contributed by atoms with van der Waals surface area (Å²) in [6, 6.07) is 12.3. The molecular formula is C24H18O6. The van der Waals surface area contributed by atoms with E-state index in [0.29, 0.717) is 6.42 Å². The van der Waals surface area contributed by atoms with Gasteiger partial charge in [0.1, 0.15) is 11.5 Å². The number of fused-ring (bicyclic) bond motifs is 2. The lowest BCUT2D eigenvalue weighted by molar-refractivity contribution is -0.113. The summed E-state index contributed by atoms with van der Waals surface area (Å²) in [7, 11) is 0. The smallest absolute Gasteiger partial charge is 0.234 e. The topological polar surface area (TPSA) is 109 Å². The van der Waals surface area contributed by atoms with Crippen molar-refractivity contribution in [3.8, 4) is 0 Å². The molecule has 0 atom stereocenters. The lowest BCUT2D eigenvalue weighted by atomic mass is 9.73. The summed E-state index contributed by atoms with van der Waals surface area (Å²) in [5.74, 6) is -5.39. The molecule has 0 aliphatic heterocycles. The van der Waals surface area contributed by atoms with Gasteiger partial charge < -0.3 is 10.2 Å². The predicted octanol–water partition coefficient (Wildman–Crippen LogP) is 3.87. The maximum atomic E-state index is 12.9. The van der Waals surface area contributed by atoms with Gasteiger partial charge >= 0.3 is 0 Å². The van der Waals surface area contributed by atoms with Gasteiger partial charge in [0.05, 0.1) is 11.1 Å². The summed E-state index contributed by atoms with van der Waals surface area (Å²) < 4.78 is 0. The Kier molecular flexibility index (Phi) is 4.70. The van der Waals surface area contributed by atoms with Crippen molar-refractivity contribution >= 4 is 34.7 Å². The highest BCUT2D eigenvalue weighted by Crippen LogP contribution is 2.41. The fourth-order valence-electron chi connectivity index (χ4n) is 4.14. The number of carbonyl (C=O) groups excluding carboxylic acids is 4. The number of carbonyl (C=O) groups is 4. The molecular weight excluding hydrogens is 384 g/mol. The average Bonchev–Trinajstić information content (AvgIpc) is 2.76. The maximum absolute atomic E-state index is 12.9. The van der Waals surface area contributed by atoms with E-state index in [1.54, 1.807) is 31.2 Å². The Morgan fingerprint density at radius 3 is 1.37 bits per heavy atom. The highest BCUT2D eigenvalue weighted by molar-refractivity contribution is 6.54. The molecule has 2 aliphatic rings. The molecule has 0 bridgehead atoms. The first-order chi connectivity index (χ1) is 14.4. The number of aliphatic hydroxyl groups is 2. The first-order valence-electron chi connectivity index (χ1n) is 9.61. The molecule has 0 heterocycles. The van der Waals surface area contributed by atoms with Gasteiger partial charge in [-0.25, -0.2) is 0 Å². The molecule has 150 valence electrons. The van der Waals surface area contributed by atoms with Gasteiger partial charge in [0.2, 0.25) is 23.1 Å². The van der Waals surface area contributed by atoms with Crippen LogP contribution in [-0.2, 0) is 9.59 Å². The van der Waals surface area contributed by atoms with Gasteiger partial charge in [-0.05, 0) is 6.42 Å². The zero-order valence-corrected chi connectivity index (χ0v) is 16.1. The molecule has 4 rings (SSSR count). The predicted molar refractivity (Wildman–Crippen MR) is 109 cm³/mol. The van der Waals surface area contributed by atoms with Gasteiger partial charge in [-0.2, -0.15) is 0 Å². The molecule has 0 unspecified atom stereocenters. The second kappa shape index (κ2) is 7.22. The van der Waals surface area contributed by atoms with Crippen LogP contribution in [-0.4, -0.2) is 33.3 Å². The van der Waals surface area contributed by atoms with Crippen molar-refractivity contribution in [2.75, 3.05) is 0 Å². The third kappa shape index (κ3) is 2.72. The van der Waals surface area contributed by atoms with E-state index in [1.165, 1.54) is 24.3 Å². The fraction of sp³-hybridized carbons (Fsp3) is 0.167. The fourth-order valence-corrected chi connectivity index (χ4v) is 4.14. The normalized spacial score (nSPS) is 16.3. The average molecular weight is 402 g/mol. The molecule has 0 aromatic heterocycles. The van der Waals surface area contributed by atoms with Gasteiger partial charge in [-0.1, -0.05) is 61.9 Å². The van der Waals surface area contributed by atoms with Crippen LogP contribution in [0.2, 0.25) is 0 Å². The van der Waals surface area contributed by atoms with Crippen molar-refractivity contribution in [3.63, 3.8) is 0 Å². The van der Waals surface area contributed by atoms with Gasteiger partial charge in [-0.15, -0.1) is 0 Å². The molecule has 2 aromatic rings. The van der Waals surface area contributed by atoms with Crippen LogP contribution in [0.4, 0.5) is 0 Å². The summed E-state index contributed by atoms with van der Waals surface area (Å²) in [6.07, 6.45) is 0.658. The van der Waals surface area contributed by atoms with Gasteiger partial charge in [0, 0.05) is 28.2 Å². The van der Waals surface area contributed by atoms with Crippen LogP contribution < -0.4 is 0 Å². The largest absolute Gasteiger partial charge is 0.507 e. The second-order valence-corrected chi connectivity index (χ2v) is 7.27. The summed E-state index contributed by atoms with van der Waals surface area (Å²) >= 11 is 0. The quantitative estimate of drug-likeness (QED) is 0.752. The van der Waals surface area contributed by atoms with Crippen molar-refractivity contribution < 1.29 is 29.4 Å². The van der Waals surface area contributed by atoms with Crippen LogP contribution in [0, 0.1) is 5.92 Å². The maximum Gasteiger partial charge on any atom is 0.234 e. The van der Waals surface area contributed by atoms with E-state index >= 15 is 0 Å². The number of benzene rings is 2. The zero-order chi connectivity index (χ0) is 21.6. The summed E-state index contributed by atoms with van der Waals surface area (Å²) in [5.41, 5.74) is 0.00834. The first kappa shape index (κ1) is 19.5. The summed E-state index contributed by atoms with van der Waals surface area (Å²) in [4.78, 5) is 51.2. The Balaban J connectivity index is 1.98. The number of ketones is 4. The minimum Gasteiger partial charge on any atom is -0.507 e. The number of hydrogen-bond donors (Lipinski definition) is 2. The van der Waals surface area contributed by atoms with Crippen LogP contribution in [0.25, 0.3) is 11.5 Å². The lowest BCUT2D eigenvalue weighted by Crippen LogP contribution is -2.34. The summed E-state index contributed by atoms with van der Waals surface area (Å²) in [6.45, 7) is 1.80. The molecule has 2 aliphatic carbocycles. The van der Waals surface area contributed by atoms with Gasteiger partial charge in [0.15, 0.2) is 0 Å². The van der Waals surface area contributed by atoms with E-state index in [0.717, 1.165) is 0 Å². The minimum atomic E-state index is -1.09. The third-order valence-corrected chi connectivity index (χ3v) is 5.54. The van der Waals surface area contributed by atoms with E-state index in [9.17, 15) is 29.4 Å². The Bertz CT molecular complexity index is 1110. The Labute approximate surface area is 172 Å². The number of aliphatic hydroxyl groups excluding tert-OH is 2. The van der Waals surface area contributed by atoms with Crippen molar-refractivity contribution in [2.24, 2.45) is 5.92 Å². The first-order valence-corrected chi connectivity index (χ1v) is 9.61. The molecule has 6 nitrogen and oxygen atoms in total. The molecule has 0 spiro atoms. The second-order valence-electron chi connectivity index (χ2n) is 7.27. The molecule has 0 saturated carbocycles. The molecule has 30 heavy (non-hydrogen) atoms. The monoisotopic (exact) mass is 402 g/mol. The van der Waals surface area contributed by atoms with E-state index in [4.69, 9.17) is 0 Å². The van der Waals surface area contributed by atoms with Crippen molar-refractivity contribution in [2.45, 2.75) is 19.8 Å². The number of Topliss-reactive ketones (excluding diaryl/α,β-unsaturated/α-hetero) is 4. The Morgan fingerprint density at radius 2 is 1.00 bits per heavy atom. The van der Waals surface area contributed by atoms with E-state index in [-0.39, 0.29) is 39.8 Å². The van der Waals surface area contributed by atoms with Gasteiger partial charge in [-0.3, -0.25) is 19.2 Å². The van der Waals surface area contributed by atoms with Crippen molar-refractivity contribution in [1.29, 1.82) is 0 Å². The Morgan fingerprint density at radius 1 is 0.633 bits per heavy atom. The van der Waals surface area contributed by atoms with E-state index in [1.807, 2.05) is 0 Å². The molecule has 2 aromatic carbocycles. The summed E-state index contributed by atoms with van der Waals surface area (Å²) in [5, 5.41) is 21.8. The minimum absolute atomic E-state index is 0.0774. The zero-order valence-electron chi connectivity index (χ0n) is 16.1. The molecule has 0 fully saturated rings. The van der Waals surface area contributed by atoms with Crippen molar-refractivity contribution in [3.05, 3.63) is 81.9 Å². The van der Waals surface area contributed by atoms with Crippen LogP contribution >= 0.6 is 0 Å². The molecule has 0 amide bonds. The van der Waals surface area contributed by atoms with Crippen LogP contribution in [0.3, 0.4) is 0 Å². The highest BCUT2D eigenvalue weighted by Gasteiger charge is 2.43.